The first kappa shape index (κ1) is 19.2. The highest BCUT2D eigenvalue weighted by atomic mass is 16.5. The van der Waals surface area contributed by atoms with Crippen LogP contribution in [0, 0.1) is 0 Å². The second-order valence-electron chi connectivity index (χ2n) is 5.25. The van der Waals surface area contributed by atoms with Gasteiger partial charge in [0.1, 0.15) is 5.75 Å². The molecule has 0 aliphatic heterocycles. The van der Waals surface area contributed by atoms with Gasteiger partial charge < -0.3 is 19.3 Å². The van der Waals surface area contributed by atoms with Crippen molar-refractivity contribution < 1.29 is 24.1 Å². The zero-order chi connectivity index (χ0) is 17.1. The van der Waals surface area contributed by atoms with Gasteiger partial charge in [0.05, 0.1) is 32.5 Å². The summed E-state index contributed by atoms with van der Waals surface area (Å²) in [6, 6.07) is 7.67. The van der Waals surface area contributed by atoms with E-state index in [2.05, 4.69) is 0 Å². The van der Waals surface area contributed by atoms with Crippen LogP contribution >= 0.6 is 0 Å². The van der Waals surface area contributed by atoms with E-state index in [0.717, 1.165) is 11.3 Å². The Morgan fingerprint density at radius 2 is 2.00 bits per heavy atom. The maximum absolute atomic E-state index is 11.1. The minimum Gasteiger partial charge on any atom is -0.497 e. The van der Waals surface area contributed by atoms with E-state index < -0.39 is 6.10 Å². The maximum atomic E-state index is 11.1. The summed E-state index contributed by atoms with van der Waals surface area (Å²) in [6.45, 7) is 4.50. The van der Waals surface area contributed by atoms with Crippen LogP contribution in [-0.2, 0) is 20.9 Å². The lowest BCUT2D eigenvalue weighted by atomic mass is 10.1. The Morgan fingerprint density at radius 3 is 2.61 bits per heavy atom. The van der Waals surface area contributed by atoms with Crippen LogP contribution in [0.25, 0.3) is 0 Å². The fraction of sp³-hybridized carbons (Fsp3) is 0.500. The van der Waals surface area contributed by atoms with Crippen LogP contribution in [0.5, 0.6) is 5.75 Å². The highest BCUT2D eigenvalue weighted by molar-refractivity contribution is 5.81. The molecule has 5 nitrogen and oxygen atoms in total. The van der Waals surface area contributed by atoms with Crippen molar-refractivity contribution >= 4 is 5.97 Å². The fourth-order valence-corrected chi connectivity index (χ4v) is 2.02. The number of hydrogen-bond donors (Lipinski definition) is 1. The highest BCUT2D eigenvalue weighted by Gasteiger charge is 2.10. The Hall–Kier alpha value is -1.85. The molecule has 0 radical (unpaired) electrons. The molecule has 0 bridgehead atoms. The van der Waals surface area contributed by atoms with Crippen molar-refractivity contribution in [1.29, 1.82) is 0 Å². The van der Waals surface area contributed by atoms with Crippen molar-refractivity contribution in [2.75, 3.05) is 13.7 Å². The number of aliphatic hydroxyl groups is 1. The van der Waals surface area contributed by atoms with E-state index in [1.54, 1.807) is 20.1 Å². The second-order valence-corrected chi connectivity index (χ2v) is 5.25. The van der Waals surface area contributed by atoms with E-state index in [1.807, 2.05) is 31.2 Å². The van der Waals surface area contributed by atoms with Crippen LogP contribution in [0.2, 0.25) is 0 Å². The van der Waals surface area contributed by atoms with Crippen LogP contribution in [0.15, 0.2) is 36.4 Å². The average molecular weight is 322 g/mol. The standard InChI is InChI=1S/C18H26O5/c1-4-22-18(20)7-5-6-16(19)12-14(2)23-13-15-8-10-17(21-3)11-9-15/h5,7-11,14,16,19H,4,6,12-13H2,1-3H3/b7-5+/t14-,16+/m1/s1. The SMILES string of the molecule is CCOC(=O)/C=C/C[C@H](O)C[C@@H](C)OCc1ccc(OC)cc1. The predicted molar refractivity (Wildman–Crippen MR) is 88.3 cm³/mol. The van der Waals surface area contributed by atoms with Gasteiger partial charge in [-0.2, -0.15) is 0 Å². The predicted octanol–water partition coefficient (Wildman–Crippen LogP) is 2.86. The molecule has 0 saturated heterocycles. The van der Waals surface area contributed by atoms with Crippen LogP contribution < -0.4 is 4.74 Å². The molecular weight excluding hydrogens is 296 g/mol. The third-order valence-electron chi connectivity index (χ3n) is 3.25. The zero-order valence-corrected chi connectivity index (χ0v) is 14.0. The Balaban J connectivity index is 2.26. The first-order valence-corrected chi connectivity index (χ1v) is 7.81. The van der Waals surface area contributed by atoms with Gasteiger partial charge in [0.2, 0.25) is 0 Å². The molecule has 0 heterocycles. The van der Waals surface area contributed by atoms with Crippen molar-refractivity contribution in [1.82, 2.24) is 0 Å². The number of benzene rings is 1. The molecule has 2 atom stereocenters. The number of aliphatic hydroxyl groups excluding tert-OH is 1. The molecule has 1 rings (SSSR count). The molecule has 0 spiro atoms. The molecule has 0 aliphatic carbocycles. The topological polar surface area (TPSA) is 65.0 Å². The van der Waals surface area contributed by atoms with E-state index in [1.165, 1.54) is 6.08 Å². The summed E-state index contributed by atoms with van der Waals surface area (Å²) in [5.41, 5.74) is 1.05. The molecule has 1 aromatic rings. The summed E-state index contributed by atoms with van der Waals surface area (Å²) in [6.07, 6.45) is 3.24. The Morgan fingerprint density at radius 1 is 1.30 bits per heavy atom. The van der Waals surface area contributed by atoms with E-state index in [9.17, 15) is 9.90 Å². The largest absolute Gasteiger partial charge is 0.497 e. The highest BCUT2D eigenvalue weighted by Crippen LogP contribution is 2.14. The fourth-order valence-electron chi connectivity index (χ4n) is 2.02. The maximum Gasteiger partial charge on any atom is 0.330 e. The second kappa shape index (κ2) is 10.8. The number of methoxy groups -OCH3 is 1. The number of rotatable bonds is 10. The first-order valence-electron chi connectivity index (χ1n) is 7.81. The van der Waals surface area contributed by atoms with Gasteiger partial charge >= 0.3 is 5.97 Å². The molecule has 5 heteroatoms. The van der Waals surface area contributed by atoms with Crippen molar-refractivity contribution in [2.24, 2.45) is 0 Å². The van der Waals surface area contributed by atoms with Crippen molar-refractivity contribution in [3.8, 4) is 5.75 Å². The van der Waals surface area contributed by atoms with Gasteiger partial charge in [-0.15, -0.1) is 0 Å². The molecule has 0 aliphatic rings. The molecule has 1 N–H and O–H groups in total. The summed E-state index contributed by atoms with van der Waals surface area (Å²) in [7, 11) is 1.63. The lowest BCUT2D eigenvalue weighted by Gasteiger charge is -2.16. The number of ether oxygens (including phenoxy) is 3. The lowest BCUT2D eigenvalue weighted by Crippen LogP contribution is -2.17. The molecule has 0 amide bonds. The monoisotopic (exact) mass is 322 g/mol. The number of esters is 1. The van der Waals surface area contributed by atoms with Gasteiger partial charge in [-0.3, -0.25) is 0 Å². The normalized spacial score (nSPS) is 13.7. The lowest BCUT2D eigenvalue weighted by molar-refractivity contribution is -0.137. The molecular formula is C18H26O5. The molecule has 0 saturated carbocycles. The Labute approximate surface area is 137 Å². The first-order chi connectivity index (χ1) is 11.0. The molecule has 0 unspecified atom stereocenters. The summed E-state index contributed by atoms with van der Waals surface area (Å²) in [4.78, 5) is 11.1. The zero-order valence-electron chi connectivity index (χ0n) is 14.0. The molecule has 23 heavy (non-hydrogen) atoms. The van der Waals surface area contributed by atoms with Gasteiger partial charge in [0.15, 0.2) is 0 Å². The summed E-state index contributed by atoms with van der Waals surface area (Å²) in [5, 5.41) is 9.93. The third-order valence-corrected chi connectivity index (χ3v) is 3.25. The molecule has 0 aromatic heterocycles. The molecule has 1 aromatic carbocycles. The molecule has 0 fully saturated rings. The van der Waals surface area contributed by atoms with Gasteiger partial charge in [0, 0.05) is 6.08 Å². The minimum atomic E-state index is -0.549. The molecule has 128 valence electrons. The average Bonchev–Trinajstić information content (AvgIpc) is 2.53. The third kappa shape index (κ3) is 8.38. The van der Waals surface area contributed by atoms with Crippen LogP contribution in [0.4, 0.5) is 0 Å². The van der Waals surface area contributed by atoms with Gasteiger partial charge in [0.25, 0.3) is 0 Å². The van der Waals surface area contributed by atoms with Crippen LogP contribution in [0.3, 0.4) is 0 Å². The van der Waals surface area contributed by atoms with Crippen molar-refractivity contribution in [2.45, 2.75) is 45.5 Å². The summed E-state index contributed by atoms with van der Waals surface area (Å²) >= 11 is 0. The van der Waals surface area contributed by atoms with E-state index in [0.29, 0.717) is 26.1 Å². The minimum absolute atomic E-state index is 0.0805. The van der Waals surface area contributed by atoms with Crippen LogP contribution in [0.1, 0.15) is 32.3 Å². The van der Waals surface area contributed by atoms with E-state index >= 15 is 0 Å². The van der Waals surface area contributed by atoms with Gasteiger partial charge in [-0.05, 0) is 44.4 Å². The number of carbonyl (C=O) groups excluding carboxylic acids is 1. The van der Waals surface area contributed by atoms with Crippen molar-refractivity contribution in [3.05, 3.63) is 42.0 Å². The van der Waals surface area contributed by atoms with Crippen molar-refractivity contribution in [3.63, 3.8) is 0 Å². The smallest absolute Gasteiger partial charge is 0.330 e. The van der Waals surface area contributed by atoms with Gasteiger partial charge in [-0.1, -0.05) is 18.2 Å². The number of hydrogen-bond acceptors (Lipinski definition) is 5. The Kier molecular flexibility index (Phi) is 9.02. The quantitative estimate of drug-likeness (QED) is 0.530. The number of carbonyl (C=O) groups is 1. The Bertz CT molecular complexity index is 481. The van der Waals surface area contributed by atoms with E-state index in [-0.39, 0.29) is 12.1 Å². The summed E-state index contributed by atoms with van der Waals surface area (Å²) in [5.74, 6) is 0.425. The summed E-state index contributed by atoms with van der Waals surface area (Å²) < 4.78 is 15.6. The van der Waals surface area contributed by atoms with E-state index in [4.69, 9.17) is 14.2 Å². The van der Waals surface area contributed by atoms with Gasteiger partial charge in [-0.25, -0.2) is 4.79 Å². The van der Waals surface area contributed by atoms with Crippen LogP contribution in [-0.4, -0.2) is 37.0 Å².